The highest BCUT2D eigenvalue weighted by atomic mass is 15.2. The predicted octanol–water partition coefficient (Wildman–Crippen LogP) is 1.07. The van der Waals surface area contributed by atoms with Crippen LogP contribution in [0, 0.1) is 0 Å². The largest absolute Gasteiger partial charge is 0.333 e. The molecule has 0 aliphatic carbocycles. The van der Waals surface area contributed by atoms with E-state index >= 15 is 0 Å². The van der Waals surface area contributed by atoms with E-state index in [-0.39, 0.29) is 0 Å². The van der Waals surface area contributed by atoms with E-state index in [9.17, 15) is 0 Å². The summed E-state index contributed by atoms with van der Waals surface area (Å²) >= 11 is 0. The number of rotatable bonds is 1. The third kappa shape index (κ3) is 3.18. The maximum atomic E-state index is 4.50. The summed E-state index contributed by atoms with van der Waals surface area (Å²) < 4.78 is 0. The van der Waals surface area contributed by atoms with E-state index in [1.165, 1.54) is 33.0 Å². The Bertz CT molecular complexity index is 65.7. The quantitative estimate of drug-likeness (QED) is 0.596. The van der Waals surface area contributed by atoms with E-state index in [0.717, 1.165) is 6.04 Å². The third-order valence-electron chi connectivity index (χ3n) is 1.87. The molecule has 2 nitrogen and oxygen atoms in total. The summed E-state index contributed by atoms with van der Waals surface area (Å²) in [6, 6.07) is 0.775. The standard InChI is InChI=1S/C7H15N.CH5N/c1-7(2)8-5-3-4-6-8;1-2/h7H,3-6H2,1-2H3;2H2,1H3. The fourth-order valence-electron chi connectivity index (χ4n) is 1.26. The topological polar surface area (TPSA) is 29.3 Å². The molecule has 1 aliphatic heterocycles. The SMILES string of the molecule is CC(C)N1CCCC1.CN. The smallest absolute Gasteiger partial charge is 0.00385 e. The van der Waals surface area contributed by atoms with Crippen LogP contribution in [0.25, 0.3) is 0 Å². The number of likely N-dealkylation sites (tertiary alicyclic amines) is 1. The number of hydrogen-bond donors (Lipinski definition) is 1. The van der Waals surface area contributed by atoms with Crippen LogP contribution in [-0.2, 0) is 0 Å². The van der Waals surface area contributed by atoms with Gasteiger partial charge >= 0.3 is 0 Å². The summed E-state index contributed by atoms with van der Waals surface area (Å²) in [5.41, 5.74) is 4.50. The van der Waals surface area contributed by atoms with Crippen molar-refractivity contribution in [3.8, 4) is 0 Å². The molecule has 1 rings (SSSR count). The van der Waals surface area contributed by atoms with Crippen LogP contribution in [0.15, 0.2) is 0 Å². The van der Waals surface area contributed by atoms with Gasteiger partial charge in [-0.05, 0) is 46.8 Å². The zero-order valence-corrected chi connectivity index (χ0v) is 7.43. The highest BCUT2D eigenvalue weighted by Crippen LogP contribution is 2.09. The summed E-state index contributed by atoms with van der Waals surface area (Å²) in [6.45, 7) is 7.20. The number of nitrogens with zero attached hydrogens (tertiary/aromatic N) is 1. The second-order valence-electron chi connectivity index (χ2n) is 2.84. The van der Waals surface area contributed by atoms with Gasteiger partial charge in [0.1, 0.15) is 0 Å². The molecule has 0 aromatic carbocycles. The molecule has 0 aromatic heterocycles. The molecule has 1 saturated heterocycles. The normalized spacial score (nSPS) is 18.9. The zero-order valence-electron chi connectivity index (χ0n) is 7.43. The Labute approximate surface area is 64.4 Å². The highest BCUT2D eigenvalue weighted by Gasteiger charge is 2.13. The van der Waals surface area contributed by atoms with Gasteiger partial charge in [-0.15, -0.1) is 0 Å². The zero-order chi connectivity index (χ0) is 7.98. The molecule has 10 heavy (non-hydrogen) atoms. The van der Waals surface area contributed by atoms with Gasteiger partial charge in [-0.3, -0.25) is 0 Å². The molecule has 0 spiro atoms. The lowest BCUT2D eigenvalue weighted by atomic mass is 10.3. The van der Waals surface area contributed by atoms with Crippen molar-refractivity contribution in [1.82, 2.24) is 4.90 Å². The van der Waals surface area contributed by atoms with Crippen molar-refractivity contribution in [3.05, 3.63) is 0 Å². The van der Waals surface area contributed by atoms with Gasteiger partial charge in [0.15, 0.2) is 0 Å². The van der Waals surface area contributed by atoms with Crippen molar-refractivity contribution in [2.45, 2.75) is 32.7 Å². The fourth-order valence-corrected chi connectivity index (χ4v) is 1.26. The Morgan fingerprint density at radius 3 is 1.70 bits per heavy atom. The van der Waals surface area contributed by atoms with E-state index in [1.54, 1.807) is 0 Å². The van der Waals surface area contributed by atoms with Gasteiger partial charge in [0.25, 0.3) is 0 Å². The Morgan fingerprint density at radius 2 is 1.50 bits per heavy atom. The average molecular weight is 144 g/mol. The lowest BCUT2D eigenvalue weighted by Crippen LogP contribution is -2.26. The van der Waals surface area contributed by atoms with E-state index in [4.69, 9.17) is 0 Å². The highest BCUT2D eigenvalue weighted by molar-refractivity contribution is 4.68. The van der Waals surface area contributed by atoms with Gasteiger partial charge in [-0.25, -0.2) is 0 Å². The number of hydrogen-bond acceptors (Lipinski definition) is 2. The van der Waals surface area contributed by atoms with Crippen LogP contribution in [0.1, 0.15) is 26.7 Å². The molecule has 0 unspecified atom stereocenters. The molecule has 62 valence electrons. The lowest BCUT2D eigenvalue weighted by molar-refractivity contribution is 0.276. The van der Waals surface area contributed by atoms with Crippen molar-refractivity contribution < 1.29 is 0 Å². The molecule has 1 aliphatic rings. The van der Waals surface area contributed by atoms with Crippen LogP contribution >= 0.6 is 0 Å². The van der Waals surface area contributed by atoms with E-state index in [0.29, 0.717) is 0 Å². The first-order chi connectivity index (χ1) is 4.80. The van der Waals surface area contributed by atoms with Crippen molar-refractivity contribution in [1.29, 1.82) is 0 Å². The van der Waals surface area contributed by atoms with Gasteiger partial charge in [0.2, 0.25) is 0 Å². The van der Waals surface area contributed by atoms with Gasteiger partial charge in [0.05, 0.1) is 0 Å². The molecule has 0 atom stereocenters. The second-order valence-corrected chi connectivity index (χ2v) is 2.84. The molecular weight excluding hydrogens is 124 g/mol. The van der Waals surface area contributed by atoms with Crippen molar-refractivity contribution in [2.75, 3.05) is 20.1 Å². The molecule has 1 heterocycles. The molecule has 1 fully saturated rings. The molecule has 0 amide bonds. The predicted molar refractivity (Wildman–Crippen MR) is 46.1 cm³/mol. The minimum Gasteiger partial charge on any atom is -0.333 e. The fraction of sp³-hybridized carbons (Fsp3) is 1.00. The van der Waals surface area contributed by atoms with E-state index in [2.05, 4.69) is 24.5 Å². The number of nitrogens with two attached hydrogens (primary N) is 1. The Hall–Kier alpha value is -0.0800. The molecule has 0 aromatic rings. The van der Waals surface area contributed by atoms with Crippen LogP contribution in [0.2, 0.25) is 0 Å². The van der Waals surface area contributed by atoms with E-state index < -0.39 is 0 Å². The Balaban J connectivity index is 0.000000371. The molecule has 0 radical (unpaired) electrons. The second kappa shape index (κ2) is 5.69. The molecule has 0 saturated carbocycles. The Morgan fingerprint density at radius 1 is 1.10 bits per heavy atom. The first-order valence-electron chi connectivity index (χ1n) is 4.12. The molecule has 2 heteroatoms. The summed E-state index contributed by atoms with van der Waals surface area (Å²) in [4.78, 5) is 2.53. The first kappa shape index (κ1) is 9.92. The summed E-state index contributed by atoms with van der Waals surface area (Å²) in [5.74, 6) is 0. The minimum atomic E-state index is 0.775. The van der Waals surface area contributed by atoms with Gasteiger partial charge in [-0.2, -0.15) is 0 Å². The van der Waals surface area contributed by atoms with Gasteiger partial charge in [0, 0.05) is 6.04 Å². The summed E-state index contributed by atoms with van der Waals surface area (Å²) in [5, 5.41) is 0. The summed E-state index contributed by atoms with van der Waals surface area (Å²) in [6.07, 6.45) is 2.83. The third-order valence-corrected chi connectivity index (χ3v) is 1.87. The van der Waals surface area contributed by atoms with Crippen LogP contribution < -0.4 is 5.73 Å². The molecule has 2 N–H and O–H groups in total. The van der Waals surface area contributed by atoms with Crippen molar-refractivity contribution in [3.63, 3.8) is 0 Å². The van der Waals surface area contributed by atoms with Gasteiger partial charge in [-0.1, -0.05) is 0 Å². The average Bonchev–Trinajstić information content (AvgIpc) is 2.42. The maximum Gasteiger partial charge on any atom is 0.00385 e. The summed E-state index contributed by atoms with van der Waals surface area (Å²) in [7, 11) is 1.50. The monoisotopic (exact) mass is 144 g/mol. The van der Waals surface area contributed by atoms with Crippen LogP contribution in [0.4, 0.5) is 0 Å². The molecular formula is C8H20N2. The first-order valence-corrected chi connectivity index (χ1v) is 4.12. The van der Waals surface area contributed by atoms with Crippen molar-refractivity contribution >= 4 is 0 Å². The maximum absolute atomic E-state index is 4.50. The minimum absolute atomic E-state index is 0.775. The lowest BCUT2D eigenvalue weighted by Gasteiger charge is -2.18. The van der Waals surface area contributed by atoms with E-state index in [1.807, 2.05) is 0 Å². The van der Waals surface area contributed by atoms with Crippen LogP contribution in [0.3, 0.4) is 0 Å². The van der Waals surface area contributed by atoms with Gasteiger partial charge < -0.3 is 10.6 Å². The Kier molecular flexibility index (Phi) is 5.64. The van der Waals surface area contributed by atoms with Crippen molar-refractivity contribution in [2.24, 2.45) is 5.73 Å². The van der Waals surface area contributed by atoms with Crippen LogP contribution in [0.5, 0.6) is 0 Å². The molecule has 0 bridgehead atoms. The van der Waals surface area contributed by atoms with Crippen LogP contribution in [-0.4, -0.2) is 31.1 Å².